The predicted octanol–water partition coefficient (Wildman–Crippen LogP) is 3.96. The van der Waals surface area contributed by atoms with Crippen molar-refractivity contribution < 1.29 is 27.5 Å². The number of benzene rings is 1. The molecule has 18 heavy (non-hydrogen) atoms. The number of carbonyl (C=O) groups is 1. The summed E-state index contributed by atoms with van der Waals surface area (Å²) in [5.74, 6) is -2.06. The lowest BCUT2D eigenvalue weighted by atomic mass is 10.2. The van der Waals surface area contributed by atoms with E-state index in [0.29, 0.717) is 4.90 Å². The van der Waals surface area contributed by atoms with Crippen LogP contribution in [0.25, 0.3) is 0 Å². The van der Waals surface area contributed by atoms with E-state index in [2.05, 4.69) is 0 Å². The van der Waals surface area contributed by atoms with Crippen molar-refractivity contribution in [2.75, 3.05) is 5.75 Å². The van der Waals surface area contributed by atoms with Crippen LogP contribution in [0.3, 0.4) is 0 Å². The molecule has 1 aromatic rings. The van der Waals surface area contributed by atoms with E-state index in [-0.39, 0.29) is 12.2 Å². The van der Waals surface area contributed by atoms with Crippen LogP contribution in [0, 0.1) is 5.82 Å². The third-order valence-electron chi connectivity index (χ3n) is 2.04. The lowest BCUT2D eigenvalue weighted by Gasteiger charge is -2.06. The van der Waals surface area contributed by atoms with Gasteiger partial charge in [0.1, 0.15) is 5.82 Å². The average Bonchev–Trinajstić information content (AvgIpc) is 2.24. The molecule has 0 aromatic heterocycles. The Morgan fingerprint density at radius 1 is 1.33 bits per heavy atom. The van der Waals surface area contributed by atoms with Gasteiger partial charge in [-0.3, -0.25) is 0 Å². The third-order valence-corrected chi connectivity index (χ3v) is 3.12. The van der Waals surface area contributed by atoms with Gasteiger partial charge in [-0.15, -0.1) is 11.8 Å². The van der Waals surface area contributed by atoms with Crippen LogP contribution in [-0.2, 0) is 0 Å². The molecular weight excluding hydrogens is 272 g/mol. The maximum Gasteiger partial charge on any atom is 0.389 e. The number of halogens is 4. The van der Waals surface area contributed by atoms with Gasteiger partial charge in [0.25, 0.3) is 0 Å². The highest BCUT2D eigenvalue weighted by molar-refractivity contribution is 7.99. The van der Waals surface area contributed by atoms with Gasteiger partial charge in [-0.25, -0.2) is 9.18 Å². The van der Waals surface area contributed by atoms with E-state index >= 15 is 0 Å². The SMILES string of the molecule is O=C(O)c1cc(SCCCC(F)(F)F)ccc1F. The first-order valence-corrected chi connectivity index (χ1v) is 6.00. The fourth-order valence-electron chi connectivity index (χ4n) is 1.22. The van der Waals surface area contributed by atoms with E-state index in [1.54, 1.807) is 0 Å². The van der Waals surface area contributed by atoms with Crippen molar-refractivity contribution in [1.82, 2.24) is 0 Å². The van der Waals surface area contributed by atoms with Crippen LogP contribution in [0.1, 0.15) is 23.2 Å². The Bertz CT molecular complexity index is 432. The summed E-state index contributed by atoms with van der Waals surface area (Å²) in [4.78, 5) is 11.1. The van der Waals surface area contributed by atoms with Crippen LogP contribution < -0.4 is 0 Å². The molecule has 0 radical (unpaired) electrons. The number of carboxylic acid groups (broad SMARTS) is 1. The lowest BCUT2D eigenvalue weighted by molar-refractivity contribution is -0.134. The molecule has 0 bridgehead atoms. The Labute approximate surface area is 105 Å². The summed E-state index contributed by atoms with van der Waals surface area (Å²) in [6.45, 7) is 0. The Kier molecular flexibility index (Phi) is 5.01. The van der Waals surface area contributed by atoms with Gasteiger partial charge in [-0.05, 0) is 30.4 Å². The molecule has 0 unspecified atom stereocenters. The summed E-state index contributed by atoms with van der Waals surface area (Å²) in [6, 6.07) is 3.46. The van der Waals surface area contributed by atoms with Crippen molar-refractivity contribution >= 4 is 17.7 Å². The van der Waals surface area contributed by atoms with E-state index in [9.17, 15) is 22.4 Å². The summed E-state index contributed by atoms with van der Waals surface area (Å²) in [5.41, 5.74) is -0.476. The van der Waals surface area contributed by atoms with Gasteiger partial charge in [0.15, 0.2) is 0 Å². The van der Waals surface area contributed by atoms with Gasteiger partial charge in [0.2, 0.25) is 0 Å². The minimum atomic E-state index is -4.18. The van der Waals surface area contributed by atoms with Crippen LogP contribution >= 0.6 is 11.8 Å². The zero-order chi connectivity index (χ0) is 13.8. The zero-order valence-corrected chi connectivity index (χ0v) is 9.95. The highest BCUT2D eigenvalue weighted by atomic mass is 32.2. The number of hydrogen-bond acceptors (Lipinski definition) is 2. The van der Waals surface area contributed by atoms with Gasteiger partial charge in [0.05, 0.1) is 5.56 Å². The second kappa shape index (κ2) is 6.08. The van der Waals surface area contributed by atoms with Crippen molar-refractivity contribution in [3.8, 4) is 0 Å². The van der Waals surface area contributed by atoms with E-state index < -0.39 is 29.9 Å². The van der Waals surface area contributed by atoms with Crippen LogP contribution in [0.4, 0.5) is 17.6 Å². The number of rotatable bonds is 5. The first-order chi connectivity index (χ1) is 8.29. The van der Waals surface area contributed by atoms with Gasteiger partial charge in [-0.1, -0.05) is 0 Å². The molecule has 1 aromatic carbocycles. The molecule has 0 spiro atoms. The average molecular weight is 282 g/mol. The smallest absolute Gasteiger partial charge is 0.389 e. The van der Waals surface area contributed by atoms with E-state index in [1.807, 2.05) is 0 Å². The largest absolute Gasteiger partial charge is 0.478 e. The van der Waals surface area contributed by atoms with Crippen molar-refractivity contribution in [2.24, 2.45) is 0 Å². The number of hydrogen-bond donors (Lipinski definition) is 1. The quantitative estimate of drug-likeness (QED) is 0.504. The molecule has 7 heteroatoms. The maximum atomic E-state index is 13.0. The van der Waals surface area contributed by atoms with Crippen LogP contribution in [0.2, 0.25) is 0 Å². The number of thioether (sulfide) groups is 1. The van der Waals surface area contributed by atoms with Crippen molar-refractivity contribution in [1.29, 1.82) is 0 Å². The second-order valence-electron chi connectivity index (χ2n) is 3.51. The molecule has 0 atom stereocenters. The Balaban J connectivity index is 2.53. The Morgan fingerprint density at radius 2 is 2.00 bits per heavy atom. The standard InChI is InChI=1S/C11H10F4O2S/c12-9-3-2-7(6-8(9)10(16)17)18-5-1-4-11(13,14)15/h2-3,6H,1,4-5H2,(H,16,17). The van der Waals surface area contributed by atoms with E-state index in [1.165, 1.54) is 6.07 Å². The summed E-state index contributed by atoms with van der Waals surface area (Å²) in [5, 5.41) is 8.67. The van der Waals surface area contributed by atoms with Crippen LogP contribution in [-0.4, -0.2) is 23.0 Å². The molecule has 0 saturated carbocycles. The molecule has 0 saturated heterocycles. The maximum absolute atomic E-state index is 13.0. The van der Waals surface area contributed by atoms with Gasteiger partial charge in [-0.2, -0.15) is 13.2 Å². The predicted molar refractivity (Wildman–Crippen MR) is 59.4 cm³/mol. The molecule has 0 amide bonds. The Hall–Kier alpha value is -1.24. The number of carboxylic acids is 1. The van der Waals surface area contributed by atoms with Crippen molar-refractivity contribution in [3.63, 3.8) is 0 Å². The second-order valence-corrected chi connectivity index (χ2v) is 4.68. The molecule has 0 fully saturated rings. The molecule has 100 valence electrons. The Morgan fingerprint density at radius 3 is 2.56 bits per heavy atom. The zero-order valence-electron chi connectivity index (χ0n) is 9.13. The molecule has 0 aliphatic heterocycles. The number of aromatic carboxylic acids is 1. The lowest BCUT2D eigenvalue weighted by Crippen LogP contribution is -2.07. The topological polar surface area (TPSA) is 37.3 Å². The fraction of sp³-hybridized carbons (Fsp3) is 0.364. The van der Waals surface area contributed by atoms with Crippen LogP contribution in [0.5, 0.6) is 0 Å². The molecule has 2 nitrogen and oxygen atoms in total. The summed E-state index contributed by atoms with van der Waals surface area (Å²) in [7, 11) is 0. The first kappa shape index (κ1) is 14.8. The molecule has 0 aliphatic rings. The van der Waals surface area contributed by atoms with E-state index in [0.717, 1.165) is 23.9 Å². The molecule has 1 N–H and O–H groups in total. The van der Waals surface area contributed by atoms with E-state index in [4.69, 9.17) is 5.11 Å². The monoisotopic (exact) mass is 282 g/mol. The summed E-state index contributed by atoms with van der Waals surface area (Å²) in [6.07, 6.45) is -5.13. The van der Waals surface area contributed by atoms with Gasteiger partial charge >= 0.3 is 12.1 Å². The fourth-order valence-corrected chi connectivity index (χ4v) is 2.11. The van der Waals surface area contributed by atoms with Gasteiger partial charge < -0.3 is 5.11 Å². The molecule has 0 aliphatic carbocycles. The van der Waals surface area contributed by atoms with Crippen molar-refractivity contribution in [2.45, 2.75) is 23.9 Å². The normalized spacial score (nSPS) is 11.6. The third kappa shape index (κ3) is 4.95. The van der Waals surface area contributed by atoms with Crippen LogP contribution in [0.15, 0.2) is 23.1 Å². The first-order valence-electron chi connectivity index (χ1n) is 5.02. The highest BCUT2D eigenvalue weighted by Crippen LogP contribution is 2.26. The summed E-state index contributed by atoms with van der Waals surface area (Å²) < 4.78 is 48.6. The molecular formula is C11H10F4O2S. The minimum absolute atomic E-state index is 0.0616. The molecule has 1 rings (SSSR count). The van der Waals surface area contributed by atoms with Crippen molar-refractivity contribution in [3.05, 3.63) is 29.6 Å². The number of alkyl halides is 3. The van der Waals surface area contributed by atoms with Gasteiger partial charge in [0, 0.05) is 11.3 Å². The summed E-state index contributed by atoms with van der Waals surface area (Å²) >= 11 is 1.07. The minimum Gasteiger partial charge on any atom is -0.478 e. The molecule has 0 heterocycles. The highest BCUT2D eigenvalue weighted by Gasteiger charge is 2.25.